The van der Waals surface area contributed by atoms with Gasteiger partial charge >= 0.3 is 0 Å². The van der Waals surface area contributed by atoms with Crippen LogP contribution in [0.15, 0.2) is 95.7 Å². The summed E-state index contributed by atoms with van der Waals surface area (Å²) in [5.41, 5.74) is 10.4. The zero-order chi connectivity index (χ0) is 30.1. The molecular formula is C39H35IrN3O-2. The Kier molecular flexibility index (Phi) is 9.10. The number of furan rings is 1. The van der Waals surface area contributed by atoms with Crippen molar-refractivity contribution >= 4 is 32.7 Å². The van der Waals surface area contributed by atoms with E-state index in [2.05, 4.69) is 87.1 Å². The number of aryl methyl sites for hydroxylation is 3. The van der Waals surface area contributed by atoms with Gasteiger partial charge in [-0.05, 0) is 61.7 Å². The third kappa shape index (κ3) is 6.50. The van der Waals surface area contributed by atoms with E-state index in [1.54, 1.807) is 6.20 Å². The molecule has 0 fully saturated rings. The third-order valence-corrected chi connectivity index (χ3v) is 7.57. The molecule has 0 aliphatic rings. The van der Waals surface area contributed by atoms with Crippen LogP contribution in [-0.2, 0) is 26.5 Å². The van der Waals surface area contributed by atoms with Gasteiger partial charge in [-0.25, -0.2) is 0 Å². The predicted octanol–water partition coefficient (Wildman–Crippen LogP) is 10.1. The molecule has 3 aromatic carbocycles. The molecule has 1 radical (unpaired) electrons. The molecule has 7 aromatic rings. The summed E-state index contributed by atoms with van der Waals surface area (Å²) in [6.45, 7) is 13.0. The van der Waals surface area contributed by atoms with Gasteiger partial charge in [-0.3, -0.25) is 4.98 Å². The molecule has 4 heterocycles. The van der Waals surface area contributed by atoms with Gasteiger partial charge in [0, 0.05) is 60.0 Å². The summed E-state index contributed by atoms with van der Waals surface area (Å²) in [5, 5.41) is 4.45. The molecule has 0 atom stereocenters. The maximum absolute atomic E-state index is 6.53. The molecule has 0 aliphatic carbocycles. The van der Waals surface area contributed by atoms with E-state index in [4.69, 9.17) is 9.40 Å². The van der Waals surface area contributed by atoms with Crippen molar-refractivity contribution in [3.05, 3.63) is 126 Å². The Morgan fingerprint density at radius 1 is 0.727 bits per heavy atom. The molecule has 5 heteroatoms. The van der Waals surface area contributed by atoms with Crippen LogP contribution in [0.4, 0.5) is 0 Å². The van der Waals surface area contributed by atoms with Gasteiger partial charge < -0.3 is 14.4 Å². The number of fused-ring (bicyclic) bond motifs is 5. The predicted molar refractivity (Wildman–Crippen MR) is 177 cm³/mol. The molecule has 0 spiro atoms. The van der Waals surface area contributed by atoms with Crippen LogP contribution in [0.25, 0.3) is 55.2 Å². The van der Waals surface area contributed by atoms with E-state index in [1.807, 2.05) is 61.7 Å². The maximum Gasteiger partial charge on any atom is 0.128 e. The molecule has 0 bridgehead atoms. The second-order valence-electron chi connectivity index (χ2n) is 12.3. The van der Waals surface area contributed by atoms with E-state index in [1.165, 1.54) is 11.1 Å². The van der Waals surface area contributed by atoms with Gasteiger partial charge in [0.25, 0.3) is 0 Å². The summed E-state index contributed by atoms with van der Waals surface area (Å²) in [5.74, 6) is 0. The van der Waals surface area contributed by atoms with Crippen molar-refractivity contribution in [3.63, 3.8) is 0 Å². The van der Waals surface area contributed by atoms with Crippen molar-refractivity contribution in [2.75, 3.05) is 0 Å². The number of hydrogen-bond acceptors (Lipinski definition) is 4. The Morgan fingerprint density at radius 2 is 1.50 bits per heavy atom. The molecule has 0 aliphatic heterocycles. The second kappa shape index (κ2) is 12.8. The van der Waals surface area contributed by atoms with Crippen LogP contribution >= 0.6 is 0 Å². The average Bonchev–Trinajstić information content (AvgIpc) is 3.38. The van der Waals surface area contributed by atoms with Crippen molar-refractivity contribution in [2.24, 2.45) is 5.41 Å². The molecule has 0 N–H and O–H groups in total. The minimum absolute atomic E-state index is 0. The smallest absolute Gasteiger partial charge is 0.128 e. The zero-order valence-corrected chi connectivity index (χ0v) is 28.3. The first-order valence-electron chi connectivity index (χ1n) is 14.7. The molecule has 0 unspecified atom stereocenters. The van der Waals surface area contributed by atoms with Crippen molar-refractivity contribution < 1.29 is 24.5 Å². The van der Waals surface area contributed by atoms with Crippen LogP contribution < -0.4 is 0 Å². The number of hydrogen-bond donors (Lipinski definition) is 0. The first kappa shape index (κ1) is 31.3. The van der Waals surface area contributed by atoms with E-state index in [9.17, 15) is 0 Å². The largest absolute Gasteiger partial charge is 0.500 e. The molecular weight excluding hydrogens is 719 g/mol. The first-order chi connectivity index (χ1) is 20.7. The van der Waals surface area contributed by atoms with Gasteiger partial charge in [0.1, 0.15) is 5.58 Å². The summed E-state index contributed by atoms with van der Waals surface area (Å²) in [4.78, 5) is 13.6. The molecule has 0 saturated heterocycles. The third-order valence-electron chi connectivity index (χ3n) is 7.57. The number of benzene rings is 3. The van der Waals surface area contributed by atoms with Gasteiger partial charge in [0.2, 0.25) is 0 Å². The molecule has 4 aromatic heterocycles. The molecule has 7 rings (SSSR count). The number of aromatic nitrogens is 3. The van der Waals surface area contributed by atoms with E-state index >= 15 is 0 Å². The van der Waals surface area contributed by atoms with Gasteiger partial charge in [0.15, 0.2) is 0 Å². The van der Waals surface area contributed by atoms with E-state index < -0.39 is 0 Å². The first-order valence-corrected chi connectivity index (χ1v) is 14.7. The summed E-state index contributed by atoms with van der Waals surface area (Å²) in [6, 6.07) is 32.9. The van der Waals surface area contributed by atoms with E-state index in [-0.39, 0.29) is 25.5 Å². The van der Waals surface area contributed by atoms with Crippen LogP contribution in [0.3, 0.4) is 0 Å². The van der Waals surface area contributed by atoms with Crippen LogP contribution in [0.1, 0.15) is 43.3 Å². The van der Waals surface area contributed by atoms with Crippen LogP contribution in [0, 0.1) is 38.3 Å². The fourth-order valence-electron chi connectivity index (χ4n) is 5.58. The summed E-state index contributed by atoms with van der Waals surface area (Å²) >= 11 is 0. The summed E-state index contributed by atoms with van der Waals surface area (Å²) in [7, 11) is 0. The van der Waals surface area contributed by atoms with Crippen molar-refractivity contribution in [2.45, 2.75) is 48.0 Å². The van der Waals surface area contributed by atoms with Crippen molar-refractivity contribution in [1.29, 1.82) is 0 Å². The quantitative estimate of drug-likeness (QED) is 0.169. The van der Waals surface area contributed by atoms with E-state index in [0.29, 0.717) is 0 Å². The Labute approximate surface area is 273 Å². The van der Waals surface area contributed by atoms with Crippen LogP contribution in [-0.4, -0.2) is 15.0 Å². The Morgan fingerprint density at radius 3 is 2.23 bits per heavy atom. The molecule has 223 valence electrons. The Balaban J connectivity index is 0.000000248. The molecule has 44 heavy (non-hydrogen) atoms. The average molecular weight is 754 g/mol. The van der Waals surface area contributed by atoms with Crippen molar-refractivity contribution in [3.8, 4) is 22.5 Å². The SMILES string of the molecule is Cc1cc2c(ccc3c4cc[c-]c(-c5cc(CC(C)(C)C)c(C)cn5)c4oc23)c(C)n1.[Ir].[c-]1ccccc1-c1ccccn1. The van der Waals surface area contributed by atoms with Gasteiger partial charge in [-0.2, -0.15) is 0 Å². The van der Waals surface area contributed by atoms with Crippen molar-refractivity contribution in [1.82, 2.24) is 15.0 Å². The fourth-order valence-corrected chi connectivity index (χ4v) is 5.58. The van der Waals surface area contributed by atoms with Gasteiger partial charge in [-0.1, -0.05) is 67.6 Å². The maximum atomic E-state index is 6.53. The van der Waals surface area contributed by atoms with Crippen LogP contribution in [0.5, 0.6) is 0 Å². The monoisotopic (exact) mass is 754 g/mol. The second-order valence-corrected chi connectivity index (χ2v) is 12.3. The number of nitrogens with zero attached hydrogens (tertiary/aromatic N) is 3. The molecule has 0 saturated carbocycles. The molecule has 0 amide bonds. The Hall–Kier alpha value is -4.18. The standard InChI is InChI=1S/C28H27N2O.C11H8N.Ir/c1-16-15-29-25(13-19(16)14-28(4,5)6)23-9-7-8-21-22-11-10-20-18(3)30-17(2)12-24(20)27(22)31-26(21)23;1-2-6-10(7-3-1)11-8-4-5-9-12-11;/h7-8,10-13,15H,14H2,1-6H3;1-6,8-9H;/q2*-1;. The van der Waals surface area contributed by atoms with Crippen LogP contribution in [0.2, 0.25) is 0 Å². The van der Waals surface area contributed by atoms with E-state index in [0.717, 1.165) is 73.0 Å². The minimum Gasteiger partial charge on any atom is -0.500 e. The zero-order valence-electron chi connectivity index (χ0n) is 26.0. The number of rotatable bonds is 3. The van der Waals surface area contributed by atoms with Gasteiger partial charge in [-0.15, -0.1) is 54.1 Å². The summed E-state index contributed by atoms with van der Waals surface area (Å²) in [6.07, 6.45) is 4.76. The normalized spacial score (nSPS) is 11.3. The minimum atomic E-state index is 0. The Bertz CT molecular complexity index is 2020. The summed E-state index contributed by atoms with van der Waals surface area (Å²) < 4.78 is 6.53. The fraction of sp³-hybridized carbons (Fsp3) is 0.205. The topological polar surface area (TPSA) is 51.8 Å². The molecule has 4 nitrogen and oxygen atoms in total. The number of pyridine rings is 3. The van der Waals surface area contributed by atoms with Gasteiger partial charge in [0.05, 0.1) is 5.58 Å².